The van der Waals surface area contributed by atoms with Crippen molar-refractivity contribution in [3.63, 3.8) is 0 Å². The fraction of sp³-hybridized carbons (Fsp3) is 0.778. The Balaban J connectivity index is 1.82. The van der Waals surface area contributed by atoms with E-state index in [-0.39, 0.29) is 0 Å². The Bertz CT molecular complexity index is 268. The molecule has 0 radical (unpaired) electrons. The van der Waals surface area contributed by atoms with Crippen molar-refractivity contribution in [3.05, 3.63) is 11.7 Å². The molecule has 72 valence electrons. The second-order valence-corrected chi connectivity index (χ2v) is 3.57. The zero-order valence-corrected chi connectivity index (χ0v) is 7.70. The highest BCUT2D eigenvalue weighted by Crippen LogP contribution is 2.38. The molecular formula is C9H15N3O. The van der Waals surface area contributed by atoms with Gasteiger partial charge in [0, 0.05) is 12.3 Å². The predicted molar refractivity (Wildman–Crippen MR) is 48.3 cm³/mol. The van der Waals surface area contributed by atoms with Gasteiger partial charge in [-0.15, -0.1) is 0 Å². The highest BCUT2D eigenvalue weighted by molar-refractivity contribution is 5.03. The molecule has 0 spiro atoms. The zero-order chi connectivity index (χ0) is 9.10. The lowest BCUT2D eigenvalue weighted by Gasteiger charge is -1.91. The number of aryl methyl sites for hydroxylation is 1. The molecule has 1 aromatic rings. The fourth-order valence-electron chi connectivity index (χ4n) is 1.30. The third-order valence-electron chi connectivity index (χ3n) is 2.27. The van der Waals surface area contributed by atoms with Crippen LogP contribution in [0.5, 0.6) is 0 Å². The van der Waals surface area contributed by atoms with E-state index in [2.05, 4.69) is 10.1 Å². The summed E-state index contributed by atoms with van der Waals surface area (Å²) in [6.45, 7) is 0.740. The van der Waals surface area contributed by atoms with E-state index in [0.717, 1.165) is 37.5 Å². The molecule has 13 heavy (non-hydrogen) atoms. The second kappa shape index (κ2) is 3.87. The molecule has 0 saturated heterocycles. The smallest absolute Gasteiger partial charge is 0.226 e. The Labute approximate surface area is 77.5 Å². The topological polar surface area (TPSA) is 64.9 Å². The van der Waals surface area contributed by atoms with E-state index >= 15 is 0 Å². The molecule has 0 unspecified atom stereocenters. The number of nitrogens with zero attached hydrogens (tertiary/aromatic N) is 2. The van der Waals surface area contributed by atoms with Crippen molar-refractivity contribution in [1.29, 1.82) is 0 Å². The number of hydrogen-bond donors (Lipinski definition) is 1. The maximum atomic E-state index is 5.39. The first-order valence-electron chi connectivity index (χ1n) is 4.92. The van der Waals surface area contributed by atoms with Crippen molar-refractivity contribution in [2.45, 2.75) is 38.0 Å². The minimum Gasteiger partial charge on any atom is -0.339 e. The van der Waals surface area contributed by atoms with E-state index in [1.807, 2.05) is 0 Å². The van der Waals surface area contributed by atoms with Gasteiger partial charge in [-0.1, -0.05) is 5.16 Å². The molecule has 2 rings (SSSR count). The second-order valence-electron chi connectivity index (χ2n) is 3.57. The van der Waals surface area contributed by atoms with Gasteiger partial charge in [0.2, 0.25) is 5.89 Å². The summed E-state index contributed by atoms with van der Waals surface area (Å²) >= 11 is 0. The van der Waals surface area contributed by atoms with Crippen LogP contribution >= 0.6 is 0 Å². The van der Waals surface area contributed by atoms with E-state index in [0.29, 0.717) is 5.92 Å². The van der Waals surface area contributed by atoms with Crippen LogP contribution in [-0.4, -0.2) is 16.7 Å². The molecule has 1 aromatic heterocycles. The molecule has 0 amide bonds. The predicted octanol–water partition coefficient (Wildman–Crippen LogP) is 1.23. The van der Waals surface area contributed by atoms with E-state index in [1.54, 1.807) is 0 Å². The van der Waals surface area contributed by atoms with E-state index in [9.17, 15) is 0 Å². The standard InChI is InChI=1S/C9H15N3O/c10-6-2-1-3-8-11-9(12-13-8)7-4-5-7/h7H,1-6,10H2. The van der Waals surface area contributed by atoms with Crippen LogP contribution in [-0.2, 0) is 6.42 Å². The molecule has 0 atom stereocenters. The van der Waals surface area contributed by atoms with Gasteiger partial charge in [0.15, 0.2) is 5.82 Å². The number of rotatable bonds is 5. The summed E-state index contributed by atoms with van der Waals surface area (Å²) in [6, 6.07) is 0. The molecular weight excluding hydrogens is 166 g/mol. The van der Waals surface area contributed by atoms with Crippen molar-refractivity contribution in [2.24, 2.45) is 5.73 Å². The average Bonchev–Trinajstić information content (AvgIpc) is 2.88. The highest BCUT2D eigenvalue weighted by Gasteiger charge is 2.28. The molecule has 0 bridgehead atoms. The first kappa shape index (κ1) is 8.69. The van der Waals surface area contributed by atoms with Crippen LogP contribution in [0, 0.1) is 0 Å². The van der Waals surface area contributed by atoms with Gasteiger partial charge < -0.3 is 10.3 Å². The summed E-state index contributed by atoms with van der Waals surface area (Å²) in [5, 5.41) is 3.94. The van der Waals surface area contributed by atoms with Crippen LogP contribution in [0.4, 0.5) is 0 Å². The van der Waals surface area contributed by atoms with Crippen LogP contribution in [0.25, 0.3) is 0 Å². The SMILES string of the molecule is NCCCCc1nc(C2CC2)no1. The highest BCUT2D eigenvalue weighted by atomic mass is 16.5. The minimum absolute atomic E-state index is 0.590. The molecule has 1 heterocycles. The van der Waals surface area contributed by atoms with Gasteiger partial charge in [-0.05, 0) is 32.2 Å². The third kappa shape index (κ3) is 2.28. The summed E-state index contributed by atoms with van der Waals surface area (Å²) < 4.78 is 5.11. The molecule has 1 aliphatic rings. The molecule has 4 heteroatoms. The van der Waals surface area contributed by atoms with Crippen molar-refractivity contribution in [3.8, 4) is 0 Å². The molecule has 2 N–H and O–H groups in total. The third-order valence-corrected chi connectivity index (χ3v) is 2.27. The molecule has 1 fully saturated rings. The Hall–Kier alpha value is -0.900. The van der Waals surface area contributed by atoms with Crippen molar-refractivity contribution in [1.82, 2.24) is 10.1 Å². The van der Waals surface area contributed by atoms with Crippen molar-refractivity contribution in [2.75, 3.05) is 6.54 Å². The Morgan fingerprint density at radius 2 is 2.23 bits per heavy atom. The molecule has 4 nitrogen and oxygen atoms in total. The Morgan fingerprint density at radius 1 is 1.38 bits per heavy atom. The summed E-state index contributed by atoms with van der Waals surface area (Å²) in [6.07, 6.45) is 5.39. The normalized spacial score (nSPS) is 16.4. The van der Waals surface area contributed by atoms with Crippen molar-refractivity contribution < 1.29 is 4.52 Å². The first-order chi connectivity index (χ1) is 6.40. The lowest BCUT2D eigenvalue weighted by molar-refractivity contribution is 0.369. The van der Waals surface area contributed by atoms with E-state index in [4.69, 9.17) is 10.3 Å². The number of nitrogens with two attached hydrogens (primary N) is 1. The van der Waals surface area contributed by atoms with Gasteiger partial charge in [-0.25, -0.2) is 0 Å². The molecule has 1 saturated carbocycles. The average molecular weight is 181 g/mol. The quantitative estimate of drug-likeness (QED) is 0.694. The van der Waals surface area contributed by atoms with E-state index in [1.165, 1.54) is 12.8 Å². The minimum atomic E-state index is 0.590. The number of aromatic nitrogens is 2. The summed E-state index contributed by atoms with van der Waals surface area (Å²) in [7, 11) is 0. The van der Waals surface area contributed by atoms with Crippen molar-refractivity contribution >= 4 is 0 Å². The van der Waals surface area contributed by atoms with Gasteiger partial charge in [-0.3, -0.25) is 0 Å². The molecule has 1 aliphatic carbocycles. The maximum Gasteiger partial charge on any atom is 0.226 e. The van der Waals surface area contributed by atoms with Gasteiger partial charge in [-0.2, -0.15) is 4.98 Å². The number of hydrogen-bond acceptors (Lipinski definition) is 4. The van der Waals surface area contributed by atoms with Crippen LogP contribution in [0.1, 0.15) is 43.3 Å². The molecule has 0 aliphatic heterocycles. The van der Waals surface area contributed by atoms with Crippen LogP contribution < -0.4 is 5.73 Å². The van der Waals surface area contributed by atoms with Crippen LogP contribution in [0.2, 0.25) is 0 Å². The lowest BCUT2D eigenvalue weighted by atomic mass is 10.2. The van der Waals surface area contributed by atoms with Gasteiger partial charge in [0.25, 0.3) is 0 Å². The maximum absolute atomic E-state index is 5.39. The Kier molecular flexibility index (Phi) is 2.59. The van der Waals surface area contributed by atoms with Gasteiger partial charge in [0.1, 0.15) is 0 Å². The first-order valence-corrected chi connectivity index (χ1v) is 4.92. The largest absolute Gasteiger partial charge is 0.339 e. The van der Waals surface area contributed by atoms with Gasteiger partial charge >= 0.3 is 0 Å². The van der Waals surface area contributed by atoms with Crippen LogP contribution in [0.3, 0.4) is 0 Å². The molecule has 0 aromatic carbocycles. The zero-order valence-electron chi connectivity index (χ0n) is 7.70. The summed E-state index contributed by atoms with van der Waals surface area (Å²) in [5.74, 6) is 2.27. The lowest BCUT2D eigenvalue weighted by Crippen LogP contribution is -1.99. The van der Waals surface area contributed by atoms with E-state index < -0.39 is 0 Å². The fourth-order valence-corrected chi connectivity index (χ4v) is 1.30. The van der Waals surface area contributed by atoms with Gasteiger partial charge in [0.05, 0.1) is 0 Å². The van der Waals surface area contributed by atoms with Crippen LogP contribution in [0.15, 0.2) is 4.52 Å². The number of unbranched alkanes of at least 4 members (excludes halogenated alkanes) is 1. The summed E-state index contributed by atoms with van der Waals surface area (Å²) in [5.41, 5.74) is 5.39. The summed E-state index contributed by atoms with van der Waals surface area (Å²) in [4.78, 5) is 4.33. The Morgan fingerprint density at radius 3 is 2.92 bits per heavy atom. The monoisotopic (exact) mass is 181 g/mol.